The van der Waals surface area contributed by atoms with E-state index in [4.69, 9.17) is 11.2 Å². The highest BCUT2D eigenvalue weighted by Crippen LogP contribution is 2.22. The molecule has 12 nitrogen and oxygen atoms in total. The van der Waals surface area contributed by atoms with Crippen LogP contribution >= 0.6 is 0 Å². The number of nitrogens with one attached hydrogen (secondary N) is 3. The number of ether oxygens (including phenoxy) is 1. The van der Waals surface area contributed by atoms with Crippen LogP contribution in [0.5, 0.6) is 5.75 Å². The van der Waals surface area contributed by atoms with E-state index in [0.717, 1.165) is 16.1 Å². The van der Waals surface area contributed by atoms with Gasteiger partial charge in [0.25, 0.3) is 11.8 Å². The molecular formula is C33H37N5O7S. The van der Waals surface area contributed by atoms with Crippen LogP contribution in [-0.4, -0.2) is 88.3 Å². The molecule has 0 aromatic heterocycles. The highest BCUT2D eigenvalue weighted by Gasteiger charge is 2.34. The maximum Gasteiger partial charge on any atom is 0.252 e. The Kier molecular flexibility index (Phi) is 11.0. The molecule has 0 bridgehead atoms. The maximum atomic E-state index is 13.3. The monoisotopic (exact) mass is 647 g/mol. The van der Waals surface area contributed by atoms with E-state index in [2.05, 4.69) is 21.9 Å². The number of sulfonamides is 1. The van der Waals surface area contributed by atoms with E-state index in [1.165, 1.54) is 25.2 Å². The fourth-order valence-corrected chi connectivity index (χ4v) is 5.43. The zero-order valence-electron chi connectivity index (χ0n) is 25.8. The molecule has 3 atom stereocenters. The number of benzene rings is 3. The first-order valence-corrected chi connectivity index (χ1v) is 16.3. The third kappa shape index (κ3) is 8.42. The number of amides is 3. The van der Waals surface area contributed by atoms with Gasteiger partial charge < -0.3 is 30.7 Å². The van der Waals surface area contributed by atoms with Crippen molar-refractivity contribution in [1.29, 1.82) is 0 Å². The number of hydrogen-bond donors (Lipinski definition) is 4. The summed E-state index contributed by atoms with van der Waals surface area (Å²) < 4.78 is 30.8. The zero-order valence-corrected chi connectivity index (χ0v) is 26.6. The smallest absolute Gasteiger partial charge is 0.252 e. The molecule has 3 unspecified atom stereocenters. The average Bonchev–Trinajstić information content (AvgIpc) is 3.06. The first kappa shape index (κ1) is 34.0. The van der Waals surface area contributed by atoms with Crippen molar-refractivity contribution in [3.05, 3.63) is 95.1 Å². The molecule has 242 valence electrons. The molecule has 1 aliphatic rings. The summed E-state index contributed by atoms with van der Waals surface area (Å²) in [6.45, 7) is 0.896. The van der Waals surface area contributed by atoms with Gasteiger partial charge in [-0.1, -0.05) is 48.4 Å². The Balaban J connectivity index is 1.49. The molecule has 0 spiro atoms. The molecule has 4 N–H and O–H groups in total. The van der Waals surface area contributed by atoms with Gasteiger partial charge in [0.1, 0.15) is 17.8 Å². The van der Waals surface area contributed by atoms with Crippen LogP contribution in [0, 0.1) is 12.3 Å². The van der Waals surface area contributed by atoms with Crippen LogP contribution in [0.1, 0.15) is 37.9 Å². The largest absolute Gasteiger partial charge is 0.497 e. The molecule has 1 heterocycles. The van der Waals surface area contributed by atoms with Gasteiger partial charge in [-0.05, 0) is 41.5 Å². The lowest BCUT2D eigenvalue weighted by Crippen LogP contribution is -2.61. The van der Waals surface area contributed by atoms with Crippen LogP contribution < -0.4 is 25.0 Å². The first-order valence-electron chi connectivity index (χ1n) is 14.4. The van der Waals surface area contributed by atoms with E-state index in [1.54, 1.807) is 42.3 Å². The molecule has 3 aromatic carbocycles. The molecule has 1 fully saturated rings. The van der Waals surface area contributed by atoms with E-state index in [1.807, 2.05) is 24.3 Å². The number of rotatable bonds is 12. The highest BCUT2D eigenvalue weighted by molar-refractivity contribution is 7.92. The summed E-state index contributed by atoms with van der Waals surface area (Å²) in [4.78, 5) is 41.4. The number of aliphatic hydroxyl groups is 1. The summed E-state index contributed by atoms with van der Waals surface area (Å²) in [6, 6.07) is 18.4. The molecule has 1 aliphatic heterocycles. The van der Waals surface area contributed by atoms with Gasteiger partial charge in [-0.2, -0.15) is 0 Å². The van der Waals surface area contributed by atoms with E-state index in [-0.39, 0.29) is 29.3 Å². The van der Waals surface area contributed by atoms with Gasteiger partial charge in [0.05, 0.1) is 25.2 Å². The van der Waals surface area contributed by atoms with Crippen molar-refractivity contribution in [2.75, 3.05) is 44.4 Å². The van der Waals surface area contributed by atoms with Crippen molar-refractivity contribution in [1.82, 2.24) is 20.9 Å². The molecule has 46 heavy (non-hydrogen) atoms. The number of anilines is 1. The number of hydrogen-bond acceptors (Lipinski definition) is 8. The topological polar surface area (TPSA) is 157 Å². The molecule has 0 radical (unpaired) electrons. The predicted molar refractivity (Wildman–Crippen MR) is 174 cm³/mol. The second-order valence-corrected chi connectivity index (χ2v) is 12.8. The molecule has 3 amide bonds. The van der Waals surface area contributed by atoms with Crippen molar-refractivity contribution in [2.24, 2.45) is 0 Å². The van der Waals surface area contributed by atoms with Crippen LogP contribution in [0.25, 0.3) is 0 Å². The van der Waals surface area contributed by atoms with E-state index in [9.17, 15) is 27.9 Å². The summed E-state index contributed by atoms with van der Waals surface area (Å²) in [5.41, 5.74) is 1.56. The Morgan fingerprint density at radius 2 is 1.80 bits per heavy atom. The van der Waals surface area contributed by atoms with Crippen LogP contribution in [0.15, 0.2) is 72.8 Å². The molecular weight excluding hydrogens is 610 g/mol. The number of terminal acetylenes is 1. The highest BCUT2D eigenvalue weighted by atomic mass is 32.2. The van der Waals surface area contributed by atoms with Gasteiger partial charge in [0, 0.05) is 44.4 Å². The fraction of sp³-hybridized carbons (Fsp3) is 0.303. The minimum absolute atomic E-state index is 0.00723. The lowest BCUT2D eigenvalue weighted by molar-refractivity contribution is -0.139. The van der Waals surface area contributed by atoms with Crippen molar-refractivity contribution in [2.45, 2.75) is 24.7 Å². The van der Waals surface area contributed by atoms with Gasteiger partial charge in [0.2, 0.25) is 15.9 Å². The van der Waals surface area contributed by atoms with Gasteiger partial charge in [-0.15, -0.1) is 6.42 Å². The van der Waals surface area contributed by atoms with Crippen LogP contribution in [-0.2, 0) is 21.4 Å². The standard InChI is InChI=1S/C33H37N5O7S/c1-5-28(23-11-7-6-8-12-23)36-32(41)25-17-24(18-26(19-25)37(2)46(4,43)44)31(40)35-20-29(39)30-33(42)38(15-14-34-30)21-22-10-9-13-27(16-22)45-3/h1,6-13,16-19,28-30,34,39H,14-15,20-21H2,2-4H3,(H,35,40)(H,36,41). The zero-order chi connectivity index (χ0) is 33.4. The van der Waals surface area contributed by atoms with Crippen LogP contribution in [0.4, 0.5) is 5.69 Å². The summed E-state index contributed by atoms with van der Waals surface area (Å²) in [6.07, 6.45) is 5.38. The quantitative estimate of drug-likeness (QED) is 0.214. The first-order chi connectivity index (χ1) is 21.9. The molecule has 0 saturated carbocycles. The molecule has 1 saturated heterocycles. The minimum atomic E-state index is -3.75. The second kappa shape index (κ2) is 14.9. The van der Waals surface area contributed by atoms with Gasteiger partial charge in [-0.25, -0.2) is 8.42 Å². The summed E-state index contributed by atoms with van der Waals surface area (Å²) in [5.74, 6) is 1.54. The Hall–Kier alpha value is -4.90. The van der Waals surface area contributed by atoms with E-state index < -0.39 is 40.0 Å². The Bertz CT molecular complexity index is 1730. The van der Waals surface area contributed by atoms with E-state index >= 15 is 0 Å². The van der Waals surface area contributed by atoms with Crippen LogP contribution in [0.3, 0.4) is 0 Å². The van der Waals surface area contributed by atoms with E-state index in [0.29, 0.717) is 30.9 Å². The van der Waals surface area contributed by atoms with Crippen molar-refractivity contribution in [3.63, 3.8) is 0 Å². The van der Waals surface area contributed by atoms with Gasteiger partial charge >= 0.3 is 0 Å². The second-order valence-electron chi connectivity index (χ2n) is 10.8. The van der Waals surface area contributed by atoms with Gasteiger partial charge in [0.15, 0.2) is 0 Å². The summed E-state index contributed by atoms with van der Waals surface area (Å²) in [5, 5.41) is 19.3. The number of methoxy groups -OCH3 is 1. The summed E-state index contributed by atoms with van der Waals surface area (Å²) in [7, 11) is -0.893. The third-order valence-electron chi connectivity index (χ3n) is 7.57. The third-order valence-corrected chi connectivity index (χ3v) is 8.77. The van der Waals surface area contributed by atoms with Crippen molar-refractivity contribution in [3.8, 4) is 18.1 Å². The summed E-state index contributed by atoms with van der Waals surface area (Å²) >= 11 is 0. The number of piperazine rings is 1. The molecule has 13 heteroatoms. The average molecular weight is 648 g/mol. The lowest BCUT2D eigenvalue weighted by Gasteiger charge is -2.35. The SMILES string of the molecule is C#CC(NC(=O)c1cc(C(=O)NCC(O)C2NCCN(Cc3cccc(OC)c3)C2=O)cc(N(C)S(C)(=O)=O)c1)c1ccccc1. The number of carbonyl (C=O) groups is 3. The Labute approximate surface area is 268 Å². The lowest BCUT2D eigenvalue weighted by atomic mass is 10.0. The minimum Gasteiger partial charge on any atom is -0.497 e. The Morgan fingerprint density at radius 3 is 2.46 bits per heavy atom. The molecule has 3 aromatic rings. The molecule has 0 aliphatic carbocycles. The van der Waals surface area contributed by atoms with Crippen LogP contribution in [0.2, 0.25) is 0 Å². The number of nitrogens with zero attached hydrogens (tertiary/aromatic N) is 2. The normalized spacial score (nSPS) is 16.1. The predicted octanol–water partition coefficient (Wildman–Crippen LogP) is 1.29. The number of aliphatic hydroxyl groups excluding tert-OH is 1. The van der Waals surface area contributed by atoms with Crippen molar-refractivity contribution >= 4 is 33.4 Å². The van der Waals surface area contributed by atoms with Crippen molar-refractivity contribution < 1.29 is 32.6 Å². The maximum absolute atomic E-state index is 13.3. The fourth-order valence-electron chi connectivity index (χ4n) is 4.94. The molecule has 4 rings (SSSR count). The Morgan fingerprint density at radius 1 is 1.11 bits per heavy atom. The van der Waals surface area contributed by atoms with Gasteiger partial charge in [-0.3, -0.25) is 18.7 Å². The number of carbonyl (C=O) groups excluding carboxylic acids is 3.